The second kappa shape index (κ2) is 3.42. The molecule has 0 radical (unpaired) electrons. The van der Waals surface area contributed by atoms with E-state index in [1.807, 2.05) is 0 Å². The Morgan fingerprint density at radius 2 is 2.00 bits per heavy atom. The monoisotopic (exact) mass is 187 g/mol. The fourth-order valence-corrected chi connectivity index (χ4v) is 1.34. The van der Waals surface area contributed by atoms with Gasteiger partial charge >= 0.3 is 12.1 Å². The molecule has 1 rings (SSSR count). The van der Waals surface area contributed by atoms with Gasteiger partial charge < -0.3 is 10.2 Å². The molecule has 2 N–H and O–H groups in total. The van der Waals surface area contributed by atoms with Gasteiger partial charge in [0.2, 0.25) is 5.91 Å². The van der Waals surface area contributed by atoms with Gasteiger partial charge in [-0.25, -0.2) is 14.5 Å². The summed E-state index contributed by atoms with van der Waals surface area (Å²) in [6, 6.07) is -1.21. The first-order valence-electron chi connectivity index (χ1n) is 3.82. The predicted octanol–water partition coefficient (Wildman–Crippen LogP) is 0.130. The first-order chi connectivity index (χ1) is 6.04. The number of aliphatic carboxylic acids is 1. The smallest absolute Gasteiger partial charge is 0.414 e. The Labute approximate surface area is 73.8 Å². The van der Waals surface area contributed by atoms with Crippen molar-refractivity contribution >= 4 is 18.0 Å². The summed E-state index contributed by atoms with van der Waals surface area (Å²) in [7, 11) is 0. The number of amides is 2. The van der Waals surface area contributed by atoms with Crippen LogP contribution in [0.4, 0.5) is 4.79 Å². The van der Waals surface area contributed by atoms with Crippen molar-refractivity contribution in [2.75, 3.05) is 0 Å². The number of rotatable bonds is 1. The number of carbonyl (C=O) groups is 3. The molecule has 1 atom stereocenters. The van der Waals surface area contributed by atoms with Crippen molar-refractivity contribution in [3.63, 3.8) is 0 Å². The lowest BCUT2D eigenvalue weighted by Gasteiger charge is -2.28. The third-order valence-electron chi connectivity index (χ3n) is 1.94. The minimum atomic E-state index is -1.49. The van der Waals surface area contributed by atoms with E-state index < -0.39 is 24.0 Å². The lowest BCUT2D eigenvalue weighted by Crippen LogP contribution is -2.50. The van der Waals surface area contributed by atoms with Crippen LogP contribution in [0, 0.1) is 0 Å². The molecule has 6 nitrogen and oxygen atoms in total. The van der Waals surface area contributed by atoms with Crippen molar-refractivity contribution in [2.24, 2.45) is 0 Å². The molecular formula is C7H9NO5. The normalized spacial score (nSPS) is 22.9. The van der Waals surface area contributed by atoms with E-state index >= 15 is 0 Å². The summed E-state index contributed by atoms with van der Waals surface area (Å²) in [5, 5.41) is 17.2. The number of carboxylic acids is 1. The van der Waals surface area contributed by atoms with Crippen molar-refractivity contribution in [1.29, 1.82) is 0 Å². The Kier molecular flexibility index (Phi) is 2.50. The largest absolute Gasteiger partial charge is 0.480 e. The molecule has 1 aliphatic rings. The van der Waals surface area contributed by atoms with Crippen molar-refractivity contribution in [1.82, 2.24) is 4.90 Å². The number of imide groups is 1. The third-order valence-corrected chi connectivity index (χ3v) is 1.94. The van der Waals surface area contributed by atoms with E-state index in [9.17, 15) is 14.4 Å². The Balaban J connectivity index is 2.86. The van der Waals surface area contributed by atoms with Gasteiger partial charge in [0, 0.05) is 6.42 Å². The molecule has 1 saturated heterocycles. The van der Waals surface area contributed by atoms with Crippen LogP contribution in [0.1, 0.15) is 19.3 Å². The van der Waals surface area contributed by atoms with Gasteiger partial charge in [0.15, 0.2) is 0 Å². The lowest BCUT2D eigenvalue weighted by molar-refractivity contribution is -0.150. The van der Waals surface area contributed by atoms with Crippen molar-refractivity contribution in [3.8, 4) is 0 Å². The van der Waals surface area contributed by atoms with Crippen LogP contribution in [-0.2, 0) is 9.59 Å². The molecule has 1 fully saturated rings. The van der Waals surface area contributed by atoms with E-state index in [4.69, 9.17) is 10.2 Å². The SMILES string of the molecule is O=C(O)[C@@H]1CCCC(=O)N1C(=O)O. The second-order valence-electron chi connectivity index (χ2n) is 2.79. The molecule has 0 aliphatic carbocycles. The topological polar surface area (TPSA) is 94.9 Å². The van der Waals surface area contributed by atoms with Crippen LogP contribution < -0.4 is 0 Å². The average Bonchev–Trinajstić information content (AvgIpc) is 2.02. The summed E-state index contributed by atoms with van der Waals surface area (Å²) < 4.78 is 0. The van der Waals surface area contributed by atoms with E-state index in [1.54, 1.807) is 0 Å². The van der Waals surface area contributed by atoms with Crippen molar-refractivity contribution < 1.29 is 24.6 Å². The number of hydrogen-bond acceptors (Lipinski definition) is 3. The molecule has 13 heavy (non-hydrogen) atoms. The standard InChI is InChI=1S/C7H9NO5/c9-5-3-1-2-4(6(10)11)8(5)7(12)13/h4H,1-3H2,(H,10,11)(H,12,13)/t4-/m0/s1. The zero-order chi connectivity index (χ0) is 10.0. The second-order valence-corrected chi connectivity index (χ2v) is 2.79. The van der Waals surface area contributed by atoms with Crippen LogP contribution in [0.25, 0.3) is 0 Å². The van der Waals surface area contributed by atoms with Gasteiger partial charge in [-0.15, -0.1) is 0 Å². The van der Waals surface area contributed by atoms with Crippen LogP contribution in [0.2, 0.25) is 0 Å². The zero-order valence-electron chi connectivity index (χ0n) is 6.77. The zero-order valence-corrected chi connectivity index (χ0v) is 6.77. The molecule has 0 saturated carbocycles. The number of nitrogens with zero attached hydrogens (tertiary/aromatic N) is 1. The van der Waals surface area contributed by atoms with Gasteiger partial charge in [0.1, 0.15) is 6.04 Å². The summed E-state index contributed by atoms with van der Waals surface area (Å²) in [4.78, 5) is 32.5. The summed E-state index contributed by atoms with van der Waals surface area (Å²) in [5.74, 6) is -1.90. The molecule has 0 aromatic carbocycles. The Morgan fingerprint density at radius 3 is 2.38 bits per heavy atom. The van der Waals surface area contributed by atoms with E-state index in [2.05, 4.69) is 0 Å². The third kappa shape index (κ3) is 1.77. The highest BCUT2D eigenvalue weighted by Gasteiger charge is 2.37. The van der Waals surface area contributed by atoms with Crippen molar-refractivity contribution in [2.45, 2.75) is 25.3 Å². The number of carboxylic acid groups (broad SMARTS) is 2. The summed E-state index contributed by atoms with van der Waals surface area (Å²) in [6.07, 6.45) is -0.750. The Morgan fingerprint density at radius 1 is 1.38 bits per heavy atom. The number of likely N-dealkylation sites (tertiary alicyclic amines) is 1. The molecule has 1 heterocycles. The van der Waals surface area contributed by atoms with Gasteiger partial charge in [-0.1, -0.05) is 0 Å². The van der Waals surface area contributed by atoms with Gasteiger partial charge in [0.25, 0.3) is 0 Å². The van der Waals surface area contributed by atoms with Crippen molar-refractivity contribution in [3.05, 3.63) is 0 Å². The maximum absolute atomic E-state index is 11.0. The molecule has 0 aromatic heterocycles. The number of piperidine rings is 1. The minimum absolute atomic E-state index is 0.107. The van der Waals surface area contributed by atoms with Gasteiger partial charge in [-0.05, 0) is 12.8 Å². The maximum atomic E-state index is 11.0. The Hall–Kier alpha value is -1.59. The fraction of sp³-hybridized carbons (Fsp3) is 0.571. The van der Waals surface area contributed by atoms with Crippen LogP contribution in [0.15, 0.2) is 0 Å². The quantitative estimate of drug-likeness (QED) is 0.608. The molecule has 0 aromatic rings. The summed E-state index contributed by atoms with van der Waals surface area (Å²) in [6.45, 7) is 0. The molecule has 6 heteroatoms. The van der Waals surface area contributed by atoms with Crippen LogP contribution >= 0.6 is 0 Å². The molecule has 72 valence electrons. The average molecular weight is 187 g/mol. The van der Waals surface area contributed by atoms with Gasteiger partial charge in [-0.3, -0.25) is 4.79 Å². The first kappa shape index (κ1) is 9.50. The van der Waals surface area contributed by atoms with Gasteiger partial charge in [0.05, 0.1) is 0 Å². The molecule has 0 bridgehead atoms. The maximum Gasteiger partial charge on any atom is 0.414 e. The highest BCUT2D eigenvalue weighted by Crippen LogP contribution is 2.18. The number of hydrogen-bond donors (Lipinski definition) is 2. The minimum Gasteiger partial charge on any atom is -0.480 e. The fourth-order valence-electron chi connectivity index (χ4n) is 1.34. The molecule has 1 aliphatic heterocycles. The molecule has 2 amide bonds. The van der Waals surface area contributed by atoms with Crippen LogP contribution in [-0.4, -0.2) is 39.1 Å². The Bertz CT molecular complexity index is 262. The highest BCUT2D eigenvalue weighted by atomic mass is 16.4. The molecule has 0 unspecified atom stereocenters. The van der Waals surface area contributed by atoms with E-state index in [0.29, 0.717) is 11.3 Å². The lowest BCUT2D eigenvalue weighted by atomic mass is 10.0. The first-order valence-corrected chi connectivity index (χ1v) is 3.82. The van der Waals surface area contributed by atoms with E-state index in [-0.39, 0.29) is 12.8 Å². The van der Waals surface area contributed by atoms with E-state index in [0.717, 1.165) is 0 Å². The molecular weight excluding hydrogens is 178 g/mol. The summed E-state index contributed by atoms with van der Waals surface area (Å²) in [5.41, 5.74) is 0. The van der Waals surface area contributed by atoms with Gasteiger partial charge in [-0.2, -0.15) is 0 Å². The van der Waals surface area contributed by atoms with Crippen LogP contribution in [0.5, 0.6) is 0 Å². The highest BCUT2D eigenvalue weighted by molar-refractivity contribution is 5.96. The van der Waals surface area contributed by atoms with E-state index in [1.165, 1.54) is 0 Å². The number of carbonyl (C=O) groups excluding carboxylic acids is 1. The van der Waals surface area contributed by atoms with Crippen LogP contribution in [0.3, 0.4) is 0 Å². The predicted molar refractivity (Wildman–Crippen MR) is 40.1 cm³/mol. The summed E-state index contributed by atoms with van der Waals surface area (Å²) >= 11 is 0. The molecule has 0 spiro atoms.